The fraction of sp³-hybridized carbons (Fsp3) is 0.667. The molecule has 3 heterocycles. The highest BCUT2D eigenvalue weighted by atomic mass is 15.3. The van der Waals surface area contributed by atoms with E-state index in [1.54, 1.807) is 0 Å². The molecule has 0 spiro atoms. The van der Waals surface area contributed by atoms with Gasteiger partial charge in [-0.3, -0.25) is 9.58 Å². The summed E-state index contributed by atoms with van der Waals surface area (Å²) in [6, 6.07) is 0. The van der Waals surface area contributed by atoms with Crippen molar-refractivity contribution in [3.63, 3.8) is 0 Å². The van der Waals surface area contributed by atoms with Crippen LogP contribution in [-0.4, -0.2) is 44.3 Å². The third-order valence-corrected chi connectivity index (χ3v) is 4.09. The highest BCUT2D eigenvalue weighted by Crippen LogP contribution is 2.21. The Hall–Kier alpha value is -1.69. The van der Waals surface area contributed by atoms with Crippen molar-refractivity contribution in [3.05, 3.63) is 12.0 Å². The number of aromatic nitrogens is 4. The normalized spacial score (nSPS) is 20.0. The molecule has 6 heteroatoms. The summed E-state index contributed by atoms with van der Waals surface area (Å²) in [4.78, 5) is 11.9. The van der Waals surface area contributed by atoms with Crippen molar-refractivity contribution in [3.8, 4) is 0 Å². The smallest absolute Gasteiger partial charge is 0.163 e. The van der Waals surface area contributed by atoms with Crippen molar-refractivity contribution in [1.82, 2.24) is 24.6 Å². The van der Waals surface area contributed by atoms with Crippen LogP contribution in [0.1, 0.15) is 32.5 Å². The Labute approximate surface area is 125 Å². The van der Waals surface area contributed by atoms with E-state index in [4.69, 9.17) is 9.97 Å². The van der Waals surface area contributed by atoms with E-state index in [1.807, 2.05) is 17.9 Å². The summed E-state index contributed by atoms with van der Waals surface area (Å²) in [6.07, 6.45) is 4.44. The Morgan fingerprint density at radius 3 is 3.00 bits per heavy atom. The van der Waals surface area contributed by atoms with Crippen molar-refractivity contribution in [2.24, 2.45) is 13.0 Å². The second-order valence-corrected chi connectivity index (χ2v) is 6.01. The lowest BCUT2D eigenvalue weighted by molar-refractivity contribution is 0.173. The van der Waals surface area contributed by atoms with Gasteiger partial charge >= 0.3 is 0 Å². The van der Waals surface area contributed by atoms with Gasteiger partial charge in [0.2, 0.25) is 0 Å². The topological polar surface area (TPSA) is 58.9 Å². The lowest BCUT2D eigenvalue weighted by atomic mass is 10.0. The quantitative estimate of drug-likeness (QED) is 0.933. The van der Waals surface area contributed by atoms with Gasteiger partial charge in [0.25, 0.3) is 0 Å². The van der Waals surface area contributed by atoms with E-state index in [0.29, 0.717) is 0 Å². The van der Waals surface area contributed by atoms with Crippen molar-refractivity contribution < 1.29 is 0 Å². The summed E-state index contributed by atoms with van der Waals surface area (Å²) >= 11 is 0. The molecule has 1 fully saturated rings. The van der Waals surface area contributed by atoms with Crippen LogP contribution in [0.25, 0.3) is 11.0 Å². The standard InChI is InChI=1S/C15H24N6/c1-4-16-14-12-8-17-20(3)15(12)19-13(18-14)10-21-7-5-6-11(2)9-21/h8,11H,4-7,9-10H2,1-3H3,(H,16,18,19). The van der Waals surface area contributed by atoms with Gasteiger partial charge in [-0.05, 0) is 32.2 Å². The van der Waals surface area contributed by atoms with E-state index in [1.165, 1.54) is 12.8 Å². The van der Waals surface area contributed by atoms with E-state index in [-0.39, 0.29) is 0 Å². The molecular formula is C15H24N6. The van der Waals surface area contributed by atoms with Crippen molar-refractivity contribution >= 4 is 16.9 Å². The molecule has 1 unspecified atom stereocenters. The Balaban J connectivity index is 1.89. The van der Waals surface area contributed by atoms with Crippen LogP contribution in [0.4, 0.5) is 5.82 Å². The number of hydrogen-bond donors (Lipinski definition) is 1. The predicted molar refractivity (Wildman–Crippen MR) is 84.1 cm³/mol. The molecule has 2 aromatic rings. The van der Waals surface area contributed by atoms with Gasteiger partial charge in [-0.25, -0.2) is 9.97 Å². The number of nitrogens with zero attached hydrogens (tertiary/aromatic N) is 5. The van der Waals surface area contributed by atoms with Crippen LogP contribution in [0.2, 0.25) is 0 Å². The van der Waals surface area contributed by atoms with Gasteiger partial charge in [-0.2, -0.15) is 5.10 Å². The average Bonchev–Trinajstić information content (AvgIpc) is 2.81. The van der Waals surface area contributed by atoms with Gasteiger partial charge in [0.1, 0.15) is 11.6 Å². The molecule has 3 rings (SSSR count). The second kappa shape index (κ2) is 5.97. The highest BCUT2D eigenvalue weighted by molar-refractivity contribution is 5.86. The van der Waals surface area contributed by atoms with Crippen LogP contribution >= 0.6 is 0 Å². The van der Waals surface area contributed by atoms with Crippen LogP contribution in [0.15, 0.2) is 6.20 Å². The first kappa shape index (κ1) is 14.3. The first-order valence-corrected chi connectivity index (χ1v) is 7.82. The molecule has 0 amide bonds. The highest BCUT2D eigenvalue weighted by Gasteiger charge is 2.18. The predicted octanol–water partition coefficient (Wildman–Crippen LogP) is 2.03. The van der Waals surface area contributed by atoms with Crippen LogP contribution in [0.3, 0.4) is 0 Å². The molecule has 0 bridgehead atoms. The summed E-state index contributed by atoms with van der Waals surface area (Å²) in [7, 11) is 1.93. The molecule has 0 radical (unpaired) electrons. The second-order valence-electron chi connectivity index (χ2n) is 6.01. The molecule has 1 N–H and O–H groups in total. The first-order valence-electron chi connectivity index (χ1n) is 7.82. The minimum Gasteiger partial charge on any atom is -0.370 e. The zero-order valence-electron chi connectivity index (χ0n) is 13.1. The first-order chi connectivity index (χ1) is 10.2. The van der Waals surface area contributed by atoms with Gasteiger partial charge in [0, 0.05) is 20.1 Å². The molecule has 0 saturated carbocycles. The number of aryl methyl sites for hydroxylation is 1. The summed E-state index contributed by atoms with van der Waals surface area (Å²) in [5, 5.41) is 8.62. The molecule has 1 saturated heterocycles. The monoisotopic (exact) mass is 288 g/mol. The molecular weight excluding hydrogens is 264 g/mol. The molecule has 0 aromatic carbocycles. The number of fused-ring (bicyclic) bond motifs is 1. The number of hydrogen-bond acceptors (Lipinski definition) is 5. The Morgan fingerprint density at radius 2 is 2.24 bits per heavy atom. The molecule has 1 aliphatic rings. The molecule has 1 aliphatic heterocycles. The third kappa shape index (κ3) is 3.00. The molecule has 1 atom stereocenters. The third-order valence-electron chi connectivity index (χ3n) is 4.09. The molecule has 21 heavy (non-hydrogen) atoms. The maximum Gasteiger partial charge on any atom is 0.163 e. The maximum atomic E-state index is 4.71. The van der Waals surface area contributed by atoms with Crippen LogP contribution in [0, 0.1) is 5.92 Å². The van der Waals surface area contributed by atoms with E-state index in [0.717, 1.165) is 54.8 Å². The number of nitrogens with one attached hydrogen (secondary N) is 1. The van der Waals surface area contributed by atoms with E-state index in [9.17, 15) is 0 Å². The average molecular weight is 288 g/mol. The largest absolute Gasteiger partial charge is 0.370 e. The van der Waals surface area contributed by atoms with Gasteiger partial charge in [-0.15, -0.1) is 0 Å². The number of rotatable bonds is 4. The van der Waals surface area contributed by atoms with Crippen molar-refractivity contribution in [2.75, 3.05) is 25.0 Å². The maximum absolute atomic E-state index is 4.71. The lowest BCUT2D eigenvalue weighted by Crippen LogP contribution is -2.34. The summed E-state index contributed by atoms with van der Waals surface area (Å²) in [5.74, 6) is 2.55. The van der Waals surface area contributed by atoms with Gasteiger partial charge in [-0.1, -0.05) is 6.92 Å². The molecule has 2 aromatic heterocycles. The zero-order chi connectivity index (χ0) is 14.8. The zero-order valence-corrected chi connectivity index (χ0v) is 13.1. The van der Waals surface area contributed by atoms with Crippen LogP contribution < -0.4 is 5.32 Å². The van der Waals surface area contributed by atoms with Crippen molar-refractivity contribution in [2.45, 2.75) is 33.2 Å². The Kier molecular flexibility index (Phi) is 4.05. The van der Waals surface area contributed by atoms with E-state index in [2.05, 4.69) is 29.2 Å². The van der Waals surface area contributed by atoms with Crippen LogP contribution in [0.5, 0.6) is 0 Å². The summed E-state index contributed by atoms with van der Waals surface area (Å²) in [6.45, 7) is 8.36. The number of piperidine rings is 1. The fourth-order valence-electron chi connectivity index (χ4n) is 3.07. The molecule has 114 valence electrons. The minimum absolute atomic E-state index is 0.771. The molecule has 6 nitrogen and oxygen atoms in total. The molecule has 0 aliphatic carbocycles. The Bertz CT molecular complexity index is 620. The fourth-order valence-corrected chi connectivity index (χ4v) is 3.07. The lowest BCUT2D eigenvalue weighted by Gasteiger charge is -2.30. The minimum atomic E-state index is 0.771. The Morgan fingerprint density at radius 1 is 1.38 bits per heavy atom. The van der Waals surface area contributed by atoms with E-state index >= 15 is 0 Å². The van der Waals surface area contributed by atoms with Gasteiger partial charge in [0.05, 0.1) is 18.1 Å². The number of likely N-dealkylation sites (tertiary alicyclic amines) is 1. The summed E-state index contributed by atoms with van der Waals surface area (Å²) < 4.78 is 1.82. The van der Waals surface area contributed by atoms with Gasteiger partial charge < -0.3 is 5.32 Å². The SMILES string of the molecule is CCNc1nc(CN2CCCC(C)C2)nc2c1cnn2C. The van der Waals surface area contributed by atoms with Crippen molar-refractivity contribution in [1.29, 1.82) is 0 Å². The van der Waals surface area contributed by atoms with E-state index < -0.39 is 0 Å². The number of anilines is 1. The van der Waals surface area contributed by atoms with Crippen LogP contribution in [-0.2, 0) is 13.6 Å². The summed E-state index contributed by atoms with van der Waals surface area (Å²) in [5.41, 5.74) is 0.904. The van der Waals surface area contributed by atoms with Gasteiger partial charge in [0.15, 0.2) is 5.65 Å².